The van der Waals surface area contributed by atoms with Crippen LogP contribution < -0.4 is 0 Å². The van der Waals surface area contributed by atoms with E-state index in [1.165, 1.54) is 0 Å². The Labute approximate surface area is 110 Å². The monoisotopic (exact) mass is 264 g/mol. The number of aromatic hydroxyl groups is 1. The predicted octanol–water partition coefficient (Wildman–Crippen LogP) is 3.39. The molecule has 5 heteroatoms. The number of phenols is 1. The van der Waals surface area contributed by atoms with Gasteiger partial charge in [0, 0.05) is 0 Å². The fourth-order valence-corrected chi connectivity index (χ4v) is 2.09. The zero-order valence-electron chi connectivity index (χ0n) is 10.7. The second-order valence-electron chi connectivity index (χ2n) is 4.35. The number of hydrogen-bond donors (Lipinski definition) is 1. The van der Waals surface area contributed by atoms with Gasteiger partial charge in [-0.25, -0.2) is 0 Å². The van der Waals surface area contributed by atoms with Crippen LogP contribution >= 0.6 is 11.8 Å². The van der Waals surface area contributed by atoms with E-state index in [0.29, 0.717) is 28.3 Å². The average Bonchev–Trinajstić information content (AvgIpc) is 2.78. The smallest absolute Gasteiger partial charge is 0.261 e. The normalized spacial score (nSPS) is 11.1. The highest BCUT2D eigenvalue weighted by molar-refractivity contribution is 7.99. The van der Waals surface area contributed by atoms with Gasteiger partial charge < -0.3 is 9.63 Å². The summed E-state index contributed by atoms with van der Waals surface area (Å²) in [6.07, 6.45) is 0. The first kappa shape index (κ1) is 13.0. The summed E-state index contributed by atoms with van der Waals surface area (Å²) in [5.74, 6) is 1.94. The lowest BCUT2D eigenvalue weighted by atomic mass is 10.1. The number of phenolic OH excluding ortho intramolecular Hbond substituents is 1. The summed E-state index contributed by atoms with van der Waals surface area (Å²) in [6.45, 7) is 6.08. The van der Waals surface area contributed by atoms with E-state index in [1.54, 1.807) is 17.8 Å². The van der Waals surface area contributed by atoms with Gasteiger partial charge in [-0.15, -0.1) is 0 Å². The summed E-state index contributed by atoms with van der Waals surface area (Å²) in [4.78, 5) is 4.30. The molecule has 0 saturated carbocycles. The maximum absolute atomic E-state index is 9.95. The van der Waals surface area contributed by atoms with E-state index in [1.807, 2.05) is 19.1 Å². The molecule has 0 saturated heterocycles. The summed E-state index contributed by atoms with van der Waals surface area (Å²) < 4.78 is 5.18. The Morgan fingerprint density at radius 3 is 2.89 bits per heavy atom. The van der Waals surface area contributed by atoms with Crippen LogP contribution in [0.15, 0.2) is 22.7 Å². The zero-order valence-corrected chi connectivity index (χ0v) is 11.5. The van der Waals surface area contributed by atoms with Crippen molar-refractivity contribution in [2.24, 2.45) is 0 Å². The minimum absolute atomic E-state index is 0.198. The number of aromatic nitrogens is 2. The molecule has 0 atom stereocenters. The Balaban J connectivity index is 2.21. The first-order valence-electron chi connectivity index (χ1n) is 5.81. The van der Waals surface area contributed by atoms with Crippen LogP contribution in [-0.4, -0.2) is 20.5 Å². The average molecular weight is 264 g/mol. The van der Waals surface area contributed by atoms with Crippen LogP contribution in [0.2, 0.25) is 0 Å². The number of para-hydroxylation sites is 1. The van der Waals surface area contributed by atoms with Gasteiger partial charge in [0.25, 0.3) is 5.89 Å². The number of aryl methyl sites for hydroxylation is 1. The van der Waals surface area contributed by atoms with Crippen molar-refractivity contribution in [3.05, 3.63) is 29.6 Å². The Morgan fingerprint density at radius 2 is 2.17 bits per heavy atom. The summed E-state index contributed by atoms with van der Waals surface area (Å²) >= 11 is 1.75. The van der Waals surface area contributed by atoms with Crippen LogP contribution in [0.1, 0.15) is 25.2 Å². The van der Waals surface area contributed by atoms with Gasteiger partial charge >= 0.3 is 0 Å². The van der Waals surface area contributed by atoms with Crippen LogP contribution in [-0.2, 0) is 5.75 Å². The largest absolute Gasteiger partial charge is 0.507 e. The van der Waals surface area contributed by atoms with Gasteiger partial charge in [-0.05, 0) is 23.8 Å². The summed E-state index contributed by atoms with van der Waals surface area (Å²) in [6, 6.07) is 5.47. The Hall–Kier alpha value is -1.49. The van der Waals surface area contributed by atoms with Gasteiger partial charge in [0.2, 0.25) is 0 Å². The van der Waals surface area contributed by atoms with Crippen LogP contribution in [0.4, 0.5) is 0 Å². The van der Waals surface area contributed by atoms with Gasteiger partial charge in [0.1, 0.15) is 5.75 Å². The van der Waals surface area contributed by atoms with Crippen molar-refractivity contribution >= 4 is 11.8 Å². The number of nitrogens with zero attached hydrogens (tertiary/aromatic N) is 2. The molecule has 2 rings (SSSR count). The van der Waals surface area contributed by atoms with Gasteiger partial charge in [-0.2, -0.15) is 16.7 Å². The van der Waals surface area contributed by atoms with Gasteiger partial charge in [-0.3, -0.25) is 0 Å². The Bertz CT molecular complexity index is 538. The second-order valence-corrected chi connectivity index (χ2v) is 5.91. The van der Waals surface area contributed by atoms with Gasteiger partial charge in [0.05, 0.1) is 11.3 Å². The van der Waals surface area contributed by atoms with Crippen molar-refractivity contribution in [1.29, 1.82) is 0 Å². The first-order valence-corrected chi connectivity index (χ1v) is 6.86. The summed E-state index contributed by atoms with van der Waals surface area (Å²) in [5.41, 5.74) is 1.38. The lowest BCUT2D eigenvalue weighted by molar-refractivity contribution is 0.419. The number of hydrogen-bond acceptors (Lipinski definition) is 5. The van der Waals surface area contributed by atoms with Crippen molar-refractivity contribution in [2.45, 2.75) is 31.8 Å². The molecule has 0 amide bonds. The predicted molar refractivity (Wildman–Crippen MR) is 72.6 cm³/mol. The third kappa shape index (κ3) is 2.85. The minimum Gasteiger partial charge on any atom is -0.507 e. The van der Waals surface area contributed by atoms with E-state index < -0.39 is 0 Å². The molecule has 0 spiro atoms. The molecule has 0 fully saturated rings. The van der Waals surface area contributed by atoms with Crippen molar-refractivity contribution in [2.75, 3.05) is 0 Å². The molecule has 0 radical (unpaired) electrons. The summed E-state index contributed by atoms with van der Waals surface area (Å²) in [5, 5.41) is 14.4. The fraction of sp³-hybridized carbons (Fsp3) is 0.385. The Morgan fingerprint density at radius 1 is 1.39 bits per heavy atom. The quantitative estimate of drug-likeness (QED) is 0.917. The molecule has 0 aliphatic carbocycles. The first-order chi connectivity index (χ1) is 8.58. The lowest BCUT2D eigenvalue weighted by Gasteiger charge is -2.01. The van der Waals surface area contributed by atoms with E-state index in [9.17, 15) is 5.11 Å². The van der Waals surface area contributed by atoms with Crippen LogP contribution in [0, 0.1) is 6.92 Å². The van der Waals surface area contributed by atoms with Crippen molar-refractivity contribution in [3.63, 3.8) is 0 Å². The van der Waals surface area contributed by atoms with Crippen molar-refractivity contribution in [1.82, 2.24) is 10.1 Å². The van der Waals surface area contributed by atoms with E-state index >= 15 is 0 Å². The molecular formula is C13H16N2O2S. The number of thioether (sulfide) groups is 1. The van der Waals surface area contributed by atoms with Gasteiger partial charge in [0.15, 0.2) is 5.82 Å². The number of rotatable bonds is 4. The standard InChI is InChI=1S/C13H16N2O2S/c1-8(2)18-7-11-14-13(17-15-11)10-6-4-5-9(3)12(10)16/h4-6,8,16H,7H2,1-3H3. The fourth-order valence-electron chi connectivity index (χ4n) is 1.49. The highest BCUT2D eigenvalue weighted by Gasteiger charge is 2.14. The number of benzene rings is 1. The maximum Gasteiger partial charge on any atom is 0.261 e. The molecule has 18 heavy (non-hydrogen) atoms. The van der Waals surface area contributed by atoms with E-state index in [-0.39, 0.29) is 5.75 Å². The summed E-state index contributed by atoms with van der Waals surface area (Å²) in [7, 11) is 0. The SMILES string of the molecule is Cc1cccc(-c2nc(CSC(C)C)no2)c1O. The molecule has 1 aromatic carbocycles. The molecule has 0 unspecified atom stereocenters. The topological polar surface area (TPSA) is 59.2 Å². The third-order valence-electron chi connectivity index (χ3n) is 2.48. The highest BCUT2D eigenvalue weighted by Crippen LogP contribution is 2.30. The zero-order chi connectivity index (χ0) is 13.1. The highest BCUT2D eigenvalue weighted by atomic mass is 32.2. The van der Waals surface area contributed by atoms with E-state index in [2.05, 4.69) is 24.0 Å². The van der Waals surface area contributed by atoms with Crippen molar-refractivity contribution in [3.8, 4) is 17.2 Å². The molecule has 0 aliphatic rings. The molecular weight excluding hydrogens is 248 g/mol. The molecule has 96 valence electrons. The van der Waals surface area contributed by atoms with Gasteiger partial charge in [-0.1, -0.05) is 31.1 Å². The molecule has 0 aliphatic heterocycles. The molecule has 0 bridgehead atoms. The van der Waals surface area contributed by atoms with Crippen LogP contribution in [0.25, 0.3) is 11.5 Å². The molecule has 4 nitrogen and oxygen atoms in total. The lowest BCUT2D eigenvalue weighted by Crippen LogP contribution is -1.90. The minimum atomic E-state index is 0.198. The molecule has 1 N–H and O–H groups in total. The third-order valence-corrected chi connectivity index (χ3v) is 3.57. The maximum atomic E-state index is 9.95. The molecule has 1 heterocycles. The van der Waals surface area contributed by atoms with Crippen molar-refractivity contribution < 1.29 is 9.63 Å². The van der Waals surface area contributed by atoms with E-state index in [4.69, 9.17) is 4.52 Å². The van der Waals surface area contributed by atoms with Crippen LogP contribution in [0.3, 0.4) is 0 Å². The Kier molecular flexibility index (Phi) is 3.91. The van der Waals surface area contributed by atoms with E-state index in [0.717, 1.165) is 5.56 Å². The van der Waals surface area contributed by atoms with Crippen LogP contribution in [0.5, 0.6) is 5.75 Å². The molecule has 1 aromatic heterocycles. The second kappa shape index (κ2) is 5.44. The molecule has 2 aromatic rings.